The molecule has 0 spiro atoms. The number of halogens is 2. The van der Waals surface area contributed by atoms with Crippen LogP contribution in [0, 0.1) is 11.6 Å². The lowest BCUT2D eigenvalue weighted by Gasteiger charge is -2.36. The van der Waals surface area contributed by atoms with Crippen LogP contribution in [-0.4, -0.2) is 41.4 Å². The van der Waals surface area contributed by atoms with Gasteiger partial charge in [0.25, 0.3) is 0 Å². The van der Waals surface area contributed by atoms with E-state index in [0.717, 1.165) is 37.7 Å². The molecule has 2 heterocycles. The first-order valence-corrected chi connectivity index (χ1v) is 8.65. The summed E-state index contributed by atoms with van der Waals surface area (Å²) >= 11 is 0. The monoisotopic (exact) mass is 368 g/mol. The molecule has 1 N–H and O–H groups in total. The van der Waals surface area contributed by atoms with E-state index in [1.54, 1.807) is 30.5 Å². The number of nitrogens with zero attached hydrogens (tertiary/aromatic N) is 5. The van der Waals surface area contributed by atoms with Gasteiger partial charge in [0.05, 0.1) is 6.20 Å². The highest BCUT2D eigenvalue weighted by Gasteiger charge is 2.19. The van der Waals surface area contributed by atoms with Crippen molar-refractivity contribution in [2.75, 3.05) is 41.3 Å². The molecule has 6 nitrogen and oxygen atoms in total. The number of piperazine rings is 1. The fourth-order valence-electron chi connectivity index (χ4n) is 3.01. The van der Waals surface area contributed by atoms with E-state index in [1.807, 2.05) is 0 Å². The zero-order valence-electron chi connectivity index (χ0n) is 14.5. The molecule has 3 aromatic rings. The fourth-order valence-corrected chi connectivity index (χ4v) is 3.01. The Morgan fingerprint density at radius 1 is 0.778 bits per heavy atom. The lowest BCUT2D eigenvalue weighted by atomic mass is 10.2. The van der Waals surface area contributed by atoms with Crippen LogP contribution in [-0.2, 0) is 0 Å². The molecular weight excluding hydrogens is 350 g/mol. The predicted octanol–water partition coefficient (Wildman–Crippen LogP) is 3.22. The first-order chi connectivity index (χ1) is 13.2. The molecule has 0 saturated carbocycles. The van der Waals surface area contributed by atoms with Crippen molar-refractivity contribution in [3.05, 3.63) is 66.4 Å². The number of benzene rings is 2. The molecular formula is C19H18F2N6. The SMILES string of the molecule is Fc1ccc(Nc2nncc(N3CCN(c4ccc(F)cc4)CC3)n2)cc1. The van der Waals surface area contributed by atoms with Gasteiger partial charge in [0, 0.05) is 37.6 Å². The molecule has 8 heteroatoms. The van der Waals surface area contributed by atoms with Gasteiger partial charge in [-0.15, -0.1) is 5.10 Å². The van der Waals surface area contributed by atoms with E-state index in [2.05, 4.69) is 30.3 Å². The third-order valence-corrected chi connectivity index (χ3v) is 4.44. The summed E-state index contributed by atoms with van der Waals surface area (Å²) in [5, 5.41) is 11.0. The number of aromatic nitrogens is 3. The molecule has 0 amide bonds. The summed E-state index contributed by atoms with van der Waals surface area (Å²) in [5.74, 6) is 0.562. The number of hydrogen-bond donors (Lipinski definition) is 1. The van der Waals surface area contributed by atoms with E-state index in [0.29, 0.717) is 11.6 Å². The largest absolute Gasteiger partial charge is 0.368 e. The van der Waals surface area contributed by atoms with E-state index < -0.39 is 0 Å². The van der Waals surface area contributed by atoms with Crippen LogP contribution in [0.25, 0.3) is 0 Å². The second-order valence-corrected chi connectivity index (χ2v) is 6.22. The van der Waals surface area contributed by atoms with Crippen LogP contribution in [0.3, 0.4) is 0 Å². The molecule has 0 aliphatic carbocycles. The third kappa shape index (κ3) is 4.11. The molecule has 1 fully saturated rings. The van der Waals surface area contributed by atoms with E-state index in [4.69, 9.17) is 0 Å². The van der Waals surface area contributed by atoms with Crippen molar-refractivity contribution in [1.82, 2.24) is 15.2 Å². The quantitative estimate of drug-likeness (QED) is 0.763. The first kappa shape index (κ1) is 17.1. The Kier molecular flexibility index (Phi) is 4.78. The average Bonchev–Trinajstić information content (AvgIpc) is 2.71. The van der Waals surface area contributed by atoms with Crippen molar-refractivity contribution < 1.29 is 8.78 Å². The lowest BCUT2D eigenvalue weighted by molar-refractivity contribution is 0.624. The molecule has 2 aromatic carbocycles. The van der Waals surface area contributed by atoms with E-state index in [9.17, 15) is 8.78 Å². The Morgan fingerprint density at radius 2 is 1.37 bits per heavy atom. The molecule has 0 atom stereocenters. The van der Waals surface area contributed by atoms with Gasteiger partial charge in [-0.1, -0.05) is 0 Å². The molecule has 0 bridgehead atoms. The van der Waals surface area contributed by atoms with Crippen LogP contribution in [0.5, 0.6) is 0 Å². The molecule has 27 heavy (non-hydrogen) atoms. The maximum Gasteiger partial charge on any atom is 0.249 e. The number of nitrogens with one attached hydrogen (secondary N) is 1. The van der Waals surface area contributed by atoms with Crippen molar-refractivity contribution in [2.24, 2.45) is 0 Å². The molecule has 0 unspecified atom stereocenters. The second-order valence-electron chi connectivity index (χ2n) is 6.22. The van der Waals surface area contributed by atoms with Gasteiger partial charge in [0.15, 0.2) is 5.82 Å². The van der Waals surface area contributed by atoms with Gasteiger partial charge in [-0.3, -0.25) is 0 Å². The first-order valence-electron chi connectivity index (χ1n) is 8.65. The Balaban J connectivity index is 1.41. The molecule has 1 aliphatic rings. The topological polar surface area (TPSA) is 57.2 Å². The lowest BCUT2D eigenvalue weighted by Crippen LogP contribution is -2.46. The molecule has 1 aliphatic heterocycles. The van der Waals surface area contributed by atoms with Gasteiger partial charge in [-0.05, 0) is 48.5 Å². The maximum absolute atomic E-state index is 13.1. The Hall–Kier alpha value is -3.29. The normalized spacial score (nSPS) is 14.3. The highest BCUT2D eigenvalue weighted by Crippen LogP contribution is 2.20. The van der Waals surface area contributed by atoms with E-state index in [-0.39, 0.29) is 11.6 Å². The smallest absolute Gasteiger partial charge is 0.249 e. The van der Waals surface area contributed by atoms with Crippen LogP contribution >= 0.6 is 0 Å². The summed E-state index contributed by atoms with van der Waals surface area (Å²) in [6.45, 7) is 3.14. The highest BCUT2D eigenvalue weighted by atomic mass is 19.1. The van der Waals surface area contributed by atoms with E-state index in [1.165, 1.54) is 24.3 Å². The predicted molar refractivity (Wildman–Crippen MR) is 100 cm³/mol. The second kappa shape index (κ2) is 7.53. The van der Waals surface area contributed by atoms with Crippen molar-refractivity contribution in [3.8, 4) is 0 Å². The fraction of sp³-hybridized carbons (Fsp3) is 0.211. The van der Waals surface area contributed by atoms with Gasteiger partial charge in [0.2, 0.25) is 5.95 Å². The van der Waals surface area contributed by atoms with Crippen LogP contribution < -0.4 is 15.1 Å². The molecule has 4 rings (SSSR count). The molecule has 1 saturated heterocycles. The van der Waals surface area contributed by atoms with Crippen molar-refractivity contribution >= 4 is 23.1 Å². The molecule has 1 aromatic heterocycles. The zero-order valence-corrected chi connectivity index (χ0v) is 14.5. The zero-order chi connectivity index (χ0) is 18.6. The van der Waals surface area contributed by atoms with E-state index >= 15 is 0 Å². The summed E-state index contributed by atoms with van der Waals surface area (Å²) in [6.07, 6.45) is 1.63. The summed E-state index contributed by atoms with van der Waals surface area (Å²) < 4.78 is 26.1. The van der Waals surface area contributed by atoms with Gasteiger partial charge in [0.1, 0.15) is 11.6 Å². The number of hydrogen-bond acceptors (Lipinski definition) is 6. The third-order valence-electron chi connectivity index (χ3n) is 4.44. The van der Waals surface area contributed by atoms with Crippen LogP contribution in [0.2, 0.25) is 0 Å². The average molecular weight is 368 g/mol. The van der Waals surface area contributed by atoms with Crippen LogP contribution in [0.4, 0.5) is 31.9 Å². The highest BCUT2D eigenvalue weighted by molar-refractivity contribution is 5.55. The molecule has 0 radical (unpaired) electrons. The van der Waals surface area contributed by atoms with Crippen molar-refractivity contribution in [3.63, 3.8) is 0 Å². The number of rotatable bonds is 4. The van der Waals surface area contributed by atoms with Gasteiger partial charge < -0.3 is 15.1 Å². The Bertz CT molecular complexity index is 893. The van der Waals surface area contributed by atoms with Gasteiger partial charge >= 0.3 is 0 Å². The van der Waals surface area contributed by atoms with Crippen molar-refractivity contribution in [1.29, 1.82) is 0 Å². The van der Waals surface area contributed by atoms with Crippen LogP contribution in [0.1, 0.15) is 0 Å². The van der Waals surface area contributed by atoms with Gasteiger partial charge in [-0.25, -0.2) is 8.78 Å². The summed E-state index contributed by atoms with van der Waals surface area (Å²) in [7, 11) is 0. The standard InChI is InChI=1S/C19H18F2N6/c20-14-1-5-16(6-2-14)23-19-24-18(13-22-25-19)27-11-9-26(10-12-27)17-7-3-15(21)4-8-17/h1-8,13H,9-12H2,(H,23,24,25). The molecule has 138 valence electrons. The maximum atomic E-state index is 13.1. The van der Waals surface area contributed by atoms with Crippen molar-refractivity contribution in [2.45, 2.75) is 0 Å². The summed E-state index contributed by atoms with van der Waals surface area (Å²) in [6, 6.07) is 12.5. The number of anilines is 4. The minimum atomic E-state index is -0.299. The Morgan fingerprint density at radius 3 is 2.04 bits per heavy atom. The Labute approximate surface area is 155 Å². The van der Waals surface area contributed by atoms with Crippen LogP contribution in [0.15, 0.2) is 54.7 Å². The summed E-state index contributed by atoms with van der Waals surface area (Å²) in [5.41, 5.74) is 1.70. The minimum Gasteiger partial charge on any atom is -0.368 e. The van der Waals surface area contributed by atoms with Gasteiger partial charge in [-0.2, -0.15) is 10.1 Å². The summed E-state index contributed by atoms with van der Waals surface area (Å²) in [4.78, 5) is 8.84. The minimum absolute atomic E-state index is 0.231.